The summed E-state index contributed by atoms with van der Waals surface area (Å²) < 4.78 is 6.17. The van der Waals surface area contributed by atoms with Crippen LogP contribution in [0.2, 0.25) is 5.02 Å². The Morgan fingerprint density at radius 1 is 1.21 bits per heavy atom. The van der Waals surface area contributed by atoms with Crippen molar-refractivity contribution in [3.8, 4) is 16.3 Å². The molecule has 1 amide bonds. The van der Waals surface area contributed by atoms with Crippen molar-refractivity contribution in [3.05, 3.63) is 64.1 Å². The lowest BCUT2D eigenvalue weighted by Crippen LogP contribution is -2.12. The molecule has 4 rings (SSSR count). The van der Waals surface area contributed by atoms with Crippen molar-refractivity contribution >= 4 is 57.6 Å². The summed E-state index contributed by atoms with van der Waals surface area (Å²) in [4.78, 5) is 17.9. The molecule has 6 nitrogen and oxygen atoms in total. The number of carbonyl (C=O) groups excluding carboxylic acids is 1. The number of thiazole rings is 1. The van der Waals surface area contributed by atoms with E-state index < -0.39 is 0 Å². The van der Waals surface area contributed by atoms with Gasteiger partial charge in [0.25, 0.3) is 5.91 Å². The summed E-state index contributed by atoms with van der Waals surface area (Å²) >= 11 is 10.6. The van der Waals surface area contributed by atoms with Crippen LogP contribution < -0.4 is 10.1 Å². The topological polar surface area (TPSA) is 77.0 Å². The average molecular weight is 461 g/mol. The van der Waals surface area contributed by atoms with E-state index in [-0.39, 0.29) is 5.91 Å². The third-order valence-electron chi connectivity index (χ3n) is 3.80. The summed E-state index contributed by atoms with van der Waals surface area (Å²) in [7, 11) is 1.61. The van der Waals surface area contributed by atoms with Gasteiger partial charge in [-0.3, -0.25) is 4.79 Å². The predicted octanol–water partition coefficient (Wildman–Crippen LogP) is 5.73. The van der Waals surface area contributed by atoms with Gasteiger partial charge in [0.15, 0.2) is 4.34 Å². The molecule has 0 bridgehead atoms. The fourth-order valence-electron chi connectivity index (χ4n) is 2.48. The maximum atomic E-state index is 12.6. The first-order valence-electron chi connectivity index (χ1n) is 8.28. The largest absolute Gasteiger partial charge is 0.496 e. The maximum Gasteiger partial charge on any atom is 0.275 e. The van der Waals surface area contributed by atoms with Crippen LogP contribution in [-0.4, -0.2) is 28.2 Å². The monoisotopic (exact) mass is 460 g/mol. The van der Waals surface area contributed by atoms with Crippen LogP contribution >= 0.6 is 46.0 Å². The van der Waals surface area contributed by atoms with Crippen LogP contribution in [0.3, 0.4) is 0 Å². The quantitative estimate of drug-likeness (QED) is 0.396. The minimum absolute atomic E-state index is 0.303. The van der Waals surface area contributed by atoms with E-state index in [2.05, 4.69) is 20.5 Å². The van der Waals surface area contributed by atoms with E-state index in [9.17, 15) is 4.79 Å². The number of para-hydroxylation sites is 1. The number of methoxy groups -OCH3 is 1. The second-order valence-corrected chi connectivity index (χ2v) is 9.03. The van der Waals surface area contributed by atoms with Gasteiger partial charge in [-0.25, -0.2) is 4.98 Å². The first-order chi connectivity index (χ1) is 14.1. The highest BCUT2D eigenvalue weighted by molar-refractivity contribution is 8.01. The van der Waals surface area contributed by atoms with Gasteiger partial charge in [0.2, 0.25) is 0 Å². The Morgan fingerprint density at radius 3 is 2.83 bits per heavy atom. The van der Waals surface area contributed by atoms with E-state index in [1.54, 1.807) is 30.1 Å². The number of ether oxygens (including phenoxy) is 1. The van der Waals surface area contributed by atoms with Crippen molar-refractivity contribution < 1.29 is 9.53 Å². The second kappa shape index (κ2) is 8.91. The van der Waals surface area contributed by atoms with Crippen molar-refractivity contribution in [2.24, 2.45) is 0 Å². The average Bonchev–Trinajstić information content (AvgIpc) is 3.42. The van der Waals surface area contributed by atoms with E-state index in [4.69, 9.17) is 16.3 Å². The van der Waals surface area contributed by atoms with Crippen LogP contribution in [-0.2, 0) is 0 Å². The van der Waals surface area contributed by atoms with E-state index >= 15 is 0 Å². The molecule has 0 unspecified atom stereocenters. The Balaban J connectivity index is 1.48. The predicted molar refractivity (Wildman–Crippen MR) is 118 cm³/mol. The molecule has 2 aromatic carbocycles. The molecule has 0 spiro atoms. The number of anilines is 1. The number of nitrogens with one attached hydrogen (secondary N) is 1. The highest BCUT2D eigenvalue weighted by atomic mass is 35.5. The zero-order chi connectivity index (χ0) is 20.2. The standard InChI is InChI=1S/C19H13ClN4O2S3/c1-26-15-5-3-2-4-12(15)18-23-14(9-27-18)17(25)22-11-6-7-16(13(20)8-11)29-19-24-21-10-28-19/h2-10H,1H3,(H,22,25). The Bertz CT molecular complexity index is 1150. The first kappa shape index (κ1) is 19.8. The smallest absolute Gasteiger partial charge is 0.275 e. The minimum atomic E-state index is -0.303. The van der Waals surface area contributed by atoms with Crippen LogP contribution in [0.5, 0.6) is 5.75 Å². The highest BCUT2D eigenvalue weighted by Crippen LogP contribution is 2.36. The molecule has 10 heteroatoms. The lowest BCUT2D eigenvalue weighted by Gasteiger charge is -2.07. The fourth-order valence-corrected chi connectivity index (χ4v) is 5.05. The van der Waals surface area contributed by atoms with E-state index in [0.29, 0.717) is 22.2 Å². The van der Waals surface area contributed by atoms with Gasteiger partial charge in [0.05, 0.1) is 17.7 Å². The van der Waals surface area contributed by atoms with Crippen LogP contribution in [0.15, 0.2) is 62.6 Å². The third kappa shape index (κ3) is 4.59. The molecule has 0 aliphatic carbocycles. The molecule has 29 heavy (non-hydrogen) atoms. The summed E-state index contributed by atoms with van der Waals surface area (Å²) in [6, 6.07) is 12.9. The molecule has 0 fully saturated rings. The van der Waals surface area contributed by atoms with Crippen LogP contribution in [0, 0.1) is 0 Å². The molecule has 0 saturated carbocycles. The number of carbonyl (C=O) groups is 1. The van der Waals surface area contributed by atoms with Gasteiger partial charge < -0.3 is 10.1 Å². The number of halogens is 1. The number of nitrogens with zero attached hydrogens (tertiary/aromatic N) is 3. The number of benzene rings is 2. The number of amides is 1. The van der Waals surface area contributed by atoms with Crippen molar-refractivity contribution in [2.75, 3.05) is 12.4 Å². The van der Waals surface area contributed by atoms with Crippen LogP contribution in [0.25, 0.3) is 10.6 Å². The van der Waals surface area contributed by atoms with Gasteiger partial charge in [0.1, 0.15) is 22.0 Å². The minimum Gasteiger partial charge on any atom is -0.496 e. The van der Waals surface area contributed by atoms with E-state index in [1.807, 2.05) is 30.3 Å². The normalized spacial score (nSPS) is 10.7. The number of hydrogen-bond donors (Lipinski definition) is 1. The lowest BCUT2D eigenvalue weighted by molar-refractivity contribution is 0.102. The molecule has 146 valence electrons. The zero-order valence-corrected chi connectivity index (χ0v) is 18.2. The molecule has 0 saturated heterocycles. The first-order valence-corrected chi connectivity index (χ1v) is 11.2. The molecule has 0 aliphatic heterocycles. The molecule has 0 radical (unpaired) electrons. The Hall–Kier alpha value is -2.46. The van der Waals surface area contributed by atoms with Gasteiger partial charge in [-0.15, -0.1) is 21.5 Å². The SMILES string of the molecule is COc1ccccc1-c1nc(C(=O)Nc2ccc(Sc3nncs3)c(Cl)c2)cs1. The zero-order valence-electron chi connectivity index (χ0n) is 15.0. The molecule has 0 atom stereocenters. The van der Waals surface area contributed by atoms with Crippen molar-refractivity contribution in [1.29, 1.82) is 0 Å². The van der Waals surface area contributed by atoms with E-state index in [1.165, 1.54) is 34.4 Å². The molecular formula is C19H13ClN4O2S3. The van der Waals surface area contributed by atoms with Crippen LogP contribution in [0.4, 0.5) is 5.69 Å². The van der Waals surface area contributed by atoms with Gasteiger partial charge >= 0.3 is 0 Å². The molecular weight excluding hydrogens is 448 g/mol. The Kier molecular flexibility index (Phi) is 6.10. The Morgan fingerprint density at radius 2 is 2.07 bits per heavy atom. The van der Waals surface area contributed by atoms with E-state index in [0.717, 1.165) is 19.8 Å². The van der Waals surface area contributed by atoms with Crippen molar-refractivity contribution in [2.45, 2.75) is 9.24 Å². The van der Waals surface area contributed by atoms with Crippen molar-refractivity contribution in [3.63, 3.8) is 0 Å². The number of rotatable bonds is 6. The highest BCUT2D eigenvalue weighted by Gasteiger charge is 2.15. The van der Waals surface area contributed by atoms with Gasteiger partial charge in [-0.1, -0.05) is 46.8 Å². The molecule has 4 aromatic rings. The van der Waals surface area contributed by atoms with Gasteiger partial charge in [-0.05, 0) is 30.3 Å². The number of aromatic nitrogens is 3. The maximum absolute atomic E-state index is 12.6. The second-order valence-electron chi connectivity index (χ2n) is 5.64. The Labute approximate surface area is 183 Å². The van der Waals surface area contributed by atoms with Gasteiger partial charge in [-0.2, -0.15) is 0 Å². The summed E-state index contributed by atoms with van der Waals surface area (Å²) in [6.07, 6.45) is 0. The van der Waals surface area contributed by atoms with Crippen LogP contribution in [0.1, 0.15) is 10.5 Å². The fraction of sp³-hybridized carbons (Fsp3) is 0.0526. The summed E-state index contributed by atoms with van der Waals surface area (Å²) in [5.41, 5.74) is 3.44. The molecule has 0 aliphatic rings. The summed E-state index contributed by atoms with van der Waals surface area (Å²) in [6.45, 7) is 0. The lowest BCUT2D eigenvalue weighted by atomic mass is 10.2. The number of hydrogen-bond acceptors (Lipinski definition) is 8. The van der Waals surface area contributed by atoms with Gasteiger partial charge in [0, 0.05) is 16.0 Å². The summed E-state index contributed by atoms with van der Waals surface area (Å²) in [5.74, 6) is 0.409. The third-order valence-corrected chi connectivity index (χ3v) is 6.96. The van der Waals surface area contributed by atoms with Crippen molar-refractivity contribution in [1.82, 2.24) is 15.2 Å². The molecule has 2 heterocycles. The summed E-state index contributed by atoms with van der Waals surface area (Å²) in [5, 5.41) is 13.6. The molecule has 1 N–H and O–H groups in total. The molecule has 2 aromatic heterocycles.